The number of aromatic nitrogens is 1. The van der Waals surface area contributed by atoms with E-state index in [9.17, 15) is 13.2 Å². The van der Waals surface area contributed by atoms with Crippen LogP contribution in [0.15, 0.2) is 29.8 Å². The second-order valence-corrected chi connectivity index (χ2v) is 5.58. The summed E-state index contributed by atoms with van der Waals surface area (Å²) in [5.41, 5.74) is 0.0881. The topological polar surface area (TPSA) is 96.4 Å². The smallest absolute Gasteiger partial charge is 0.337 e. The second-order valence-electron chi connectivity index (χ2n) is 3.65. The molecule has 6 nitrogen and oxygen atoms in total. The summed E-state index contributed by atoms with van der Waals surface area (Å²) in [7, 11) is -3.10. The summed E-state index contributed by atoms with van der Waals surface area (Å²) in [6.07, 6.45) is 2.76. The van der Waals surface area contributed by atoms with Gasteiger partial charge in [0, 0.05) is 11.6 Å². The second kappa shape index (κ2) is 4.17. The van der Waals surface area contributed by atoms with E-state index in [1.165, 1.54) is 18.3 Å². The zero-order chi connectivity index (χ0) is 12.5. The van der Waals surface area contributed by atoms with Crippen molar-refractivity contribution in [3.05, 3.63) is 35.4 Å². The number of carbonyl (C=O) groups is 1. The van der Waals surface area contributed by atoms with E-state index in [0.717, 1.165) is 5.41 Å². The molecule has 90 valence electrons. The molecular formula is C10H10N2O4S. The van der Waals surface area contributed by atoms with Crippen LogP contribution in [0.2, 0.25) is 0 Å². The van der Waals surface area contributed by atoms with Gasteiger partial charge in [-0.1, -0.05) is 0 Å². The third-order valence-corrected chi connectivity index (χ3v) is 3.67. The number of pyridine rings is 1. The lowest BCUT2D eigenvalue weighted by Gasteiger charge is -2.10. The summed E-state index contributed by atoms with van der Waals surface area (Å²) >= 11 is 0. The van der Waals surface area contributed by atoms with Crippen molar-refractivity contribution in [2.75, 3.05) is 11.1 Å². The van der Waals surface area contributed by atoms with Gasteiger partial charge in [0.15, 0.2) is 9.84 Å². The van der Waals surface area contributed by atoms with Crippen molar-refractivity contribution in [2.24, 2.45) is 0 Å². The van der Waals surface area contributed by atoms with Gasteiger partial charge >= 0.3 is 5.97 Å². The van der Waals surface area contributed by atoms with Gasteiger partial charge in [-0.3, -0.25) is 0 Å². The Kier molecular flexibility index (Phi) is 2.84. The van der Waals surface area contributed by atoms with Crippen molar-refractivity contribution < 1.29 is 18.3 Å². The Morgan fingerprint density at radius 1 is 1.47 bits per heavy atom. The lowest BCUT2D eigenvalue weighted by Crippen LogP contribution is -2.21. The monoisotopic (exact) mass is 254 g/mol. The zero-order valence-corrected chi connectivity index (χ0v) is 9.52. The molecule has 2 heterocycles. The molecule has 0 radical (unpaired) electrons. The summed E-state index contributed by atoms with van der Waals surface area (Å²) in [4.78, 5) is 14.5. The number of carboxylic acids is 1. The van der Waals surface area contributed by atoms with E-state index >= 15 is 0 Å². The third kappa shape index (κ3) is 2.82. The van der Waals surface area contributed by atoms with Crippen molar-refractivity contribution in [1.82, 2.24) is 4.98 Å². The fraction of sp³-hybridized carbons (Fsp3) is 0.200. The molecule has 0 aromatic carbocycles. The molecule has 2 rings (SSSR count). The molecule has 1 aliphatic heterocycles. The molecule has 1 aliphatic rings. The largest absolute Gasteiger partial charge is 0.478 e. The first-order chi connectivity index (χ1) is 7.96. The van der Waals surface area contributed by atoms with Crippen LogP contribution in [-0.2, 0) is 9.84 Å². The highest BCUT2D eigenvalue weighted by Crippen LogP contribution is 2.13. The Balaban J connectivity index is 2.06. The summed E-state index contributed by atoms with van der Waals surface area (Å²) in [5, 5.41) is 12.7. The summed E-state index contributed by atoms with van der Waals surface area (Å²) in [5.74, 6) is -0.607. The summed E-state index contributed by atoms with van der Waals surface area (Å²) in [6.45, 7) is 0. The van der Waals surface area contributed by atoms with Gasteiger partial charge in [-0.2, -0.15) is 0 Å². The maximum Gasteiger partial charge on any atom is 0.337 e. The Morgan fingerprint density at radius 3 is 2.71 bits per heavy atom. The Bertz CT molecular complexity index is 562. The minimum atomic E-state index is -3.10. The van der Waals surface area contributed by atoms with Crippen LogP contribution in [0.5, 0.6) is 0 Å². The van der Waals surface area contributed by atoms with Crippen LogP contribution in [0.4, 0.5) is 5.82 Å². The maximum atomic E-state index is 11.1. The van der Waals surface area contributed by atoms with Crippen LogP contribution >= 0.6 is 0 Å². The van der Waals surface area contributed by atoms with Crippen LogP contribution in [0.1, 0.15) is 10.4 Å². The predicted molar refractivity (Wildman–Crippen MR) is 61.5 cm³/mol. The minimum absolute atomic E-state index is 0.00460. The number of rotatable bonds is 3. The number of hydrogen-bond acceptors (Lipinski definition) is 5. The maximum absolute atomic E-state index is 11.1. The predicted octanol–water partition coefficient (Wildman–Crippen LogP) is 0.502. The number of carboxylic acid groups (broad SMARTS) is 1. The molecule has 0 bridgehead atoms. The number of aromatic carboxylic acids is 1. The molecular weight excluding hydrogens is 244 g/mol. The molecule has 0 spiro atoms. The van der Waals surface area contributed by atoms with Gasteiger partial charge in [-0.15, -0.1) is 0 Å². The van der Waals surface area contributed by atoms with E-state index in [-0.39, 0.29) is 17.4 Å². The fourth-order valence-electron chi connectivity index (χ4n) is 1.46. The highest BCUT2D eigenvalue weighted by Gasteiger charge is 2.21. The van der Waals surface area contributed by atoms with Gasteiger partial charge in [0.25, 0.3) is 0 Å². The standard InChI is InChI=1S/C10H10N2O4S/c13-10(14)7-1-2-9(11-5-7)12-8-3-4-17(15,16)6-8/h1-5,8H,6H2,(H,11,12)(H,13,14). The average Bonchev–Trinajstić information content (AvgIpc) is 2.59. The number of nitrogens with zero attached hydrogens (tertiary/aromatic N) is 1. The Morgan fingerprint density at radius 2 is 2.24 bits per heavy atom. The minimum Gasteiger partial charge on any atom is -0.478 e. The molecule has 2 N–H and O–H groups in total. The molecule has 7 heteroatoms. The van der Waals surface area contributed by atoms with E-state index in [2.05, 4.69) is 10.3 Å². The average molecular weight is 254 g/mol. The molecule has 1 aromatic rings. The van der Waals surface area contributed by atoms with Gasteiger partial charge in [-0.25, -0.2) is 18.2 Å². The van der Waals surface area contributed by atoms with Crippen molar-refractivity contribution in [1.29, 1.82) is 0 Å². The van der Waals surface area contributed by atoms with Crippen LogP contribution < -0.4 is 5.32 Å². The quantitative estimate of drug-likeness (QED) is 0.815. The zero-order valence-electron chi connectivity index (χ0n) is 8.70. The molecule has 0 amide bonds. The number of hydrogen-bond donors (Lipinski definition) is 2. The van der Waals surface area contributed by atoms with Crippen molar-refractivity contribution >= 4 is 21.6 Å². The van der Waals surface area contributed by atoms with Gasteiger partial charge in [0.1, 0.15) is 5.82 Å². The molecule has 17 heavy (non-hydrogen) atoms. The Labute approximate surface area is 97.9 Å². The van der Waals surface area contributed by atoms with Crippen molar-refractivity contribution in [2.45, 2.75) is 6.04 Å². The molecule has 0 aliphatic carbocycles. The molecule has 0 saturated heterocycles. The highest BCUT2D eigenvalue weighted by atomic mass is 32.2. The molecule has 0 fully saturated rings. The van der Waals surface area contributed by atoms with Crippen LogP contribution in [0.25, 0.3) is 0 Å². The first-order valence-electron chi connectivity index (χ1n) is 4.83. The molecule has 1 atom stereocenters. The van der Waals surface area contributed by atoms with Gasteiger partial charge < -0.3 is 10.4 Å². The lowest BCUT2D eigenvalue weighted by molar-refractivity contribution is 0.0696. The summed E-state index contributed by atoms with van der Waals surface area (Å²) in [6, 6.07) is 2.59. The normalized spacial score (nSPS) is 21.3. The summed E-state index contributed by atoms with van der Waals surface area (Å²) < 4.78 is 22.3. The van der Waals surface area contributed by atoms with Gasteiger partial charge in [0.05, 0.1) is 17.4 Å². The van der Waals surface area contributed by atoms with E-state index < -0.39 is 15.8 Å². The SMILES string of the molecule is O=C(O)c1ccc(NC2C=CS(=O)(=O)C2)nc1. The van der Waals surface area contributed by atoms with Crippen molar-refractivity contribution in [3.8, 4) is 0 Å². The molecule has 1 unspecified atom stereocenters. The third-order valence-electron chi connectivity index (χ3n) is 2.27. The highest BCUT2D eigenvalue weighted by molar-refractivity contribution is 7.94. The van der Waals surface area contributed by atoms with Crippen LogP contribution in [0, 0.1) is 0 Å². The molecule has 0 saturated carbocycles. The number of sulfone groups is 1. The van der Waals surface area contributed by atoms with E-state index in [1.807, 2.05) is 0 Å². The first kappa shape index (κ1) is 11.6. The Hall–Kier alpha value is -1.89. The van der Waals surface area contributed by atoms with E-state index in [0.29, 0.717) is 5.82 Å². The first-order valence-corrected chi connectivity index (χ1v) is 6.55. The molecule has 1 aromatic heterocycles. The van der Waals surface area contributed by atoms with E-state index in [1.54, 1.807) is 6.08 Å². The van der Waals surface area contributed by atoms with Gasteiger partial charge in [0.2, 0.25) is 0 Å². The van der Waals surface area contributed by atoms with E-state index in [4.69, 9.17) is 5.11 Å². The number of nitrogens with one attached hydrogen (secondary N) is 1. The van der Waals surface area contributed by atoms with Gasteiger partial charge in [-0.05, 0) is 18.2 Å². The van der Waals surface area contributed by atoms with Crippen LogP contribution in [0.3, 0.4) is 0 Å². The fourth-order valence-corrected chi connectivity index (χ4v) is 2.70. The van der Waals surface area contributed by atoms with Crippen molar-refractivity contribution in [3.63, 3.8) is 0 Å². The lowest BCUT2D eigenvalue weighted by atomic mass is 10.3. The van der Waals surface area contributed by atoms with Crippen LogP contribution in [-0.4, -0.2) is 36.3 Å². The number of anilines is 1.